The number of allylic oxidation sites excluding steroid dienone is 2. The number of nitrogens with two attached hydrogens (primary N) is 1. The van der Waals surface area contributed by atoms with Gasteiger partial charge in [0.15, 0.2) is 0 Å². The maximum Gasteiger partial charge on any atom is 0.137 e. The van der Waals surface area contributed by atoms with Crippen LogP contribution in [-0.2, 0) is 6.54 Å². The van der Waals surface area contributed by atoms with Crippen molar-refractivity contribution in [1.29, 1.82) is 0 Å². The van der Waals surface area contributed by atoms with Gasteiger partial charge in [0.25, 0.3) is 0 Å². The molecular weight excluding hydrogens is 178 g/mol. The van der Waals surface area contributed by atoms with Crippen molar-refractivity contribution in [1.82, 2.24) is 20.1 Å². The Morgan fingerprint density at radius 3 is 3.07 bits per heavy atom. The predicted octanol–water partition coefficient (Wildman–Crippen LogP) is 0.244. The number of nitrogens with one attached hydrogen (secondary N) is 1. The van der Waals surface area contributed by atoms with Crippen molar-refractivity contribution in [3.05, 3.63) is 36.7 Å². The minimum Gasteiger partial charge on any atom is -0.399 e. The van der Waals surface area contributed by atoms with E-state index in [1.54, 1.807) is 17.1 Å². The number of hydrogen-bond donors (Lipinski definition) is 2. The Kier molecular flexibility index (Phi) is 3.72. The number of nitrogens with zero attached hydrogens (tertiary/aromatic N) is 3. The summed E-state index contributed by atoms with van der Waals surface area (Å²) in [6.07, 6.45) is 4.99. The van der Waals surface area contributed by atoms with Crippen LogP contribution >= 0.6 is 0 Å². The topological polar surface area (TPSA) is 68.8 Å². The molecule has 76 valence electrons. The zero-order chi connectivity index (χ0) is 10.4. The molecule has 0 bridgehead atoms. The number of rotatable bonds is 5. The summed E-state index contributed by atoms with van der Waals surface area (Å²) < 4.78 is 1.76. The van der Waals surface area contributed by atoms with Crippen LogP contribution in [0.2, 0.25) is 0 Å². The fourth-order valence-corrected chi connectivity index (χ4v) is 1.04. The Labute approximate surface area is 83.3 Å². The van der Waals surface area contributed by atoms with Crippen LogP contribution in [0.25, 0.3) is 0 Å². The molecule has 0 unspecified atom stereocenters. The van der Waals surface area contributed by atoms with Gasteiger partial charge < -0.3 is 11.1 Å². The van der Waals surface area contributed by atoms with Gasteiger partial charge in [-0.15, -0.1) is 0 Å². The first-order valence-electron chi connectivity index (χ1n) is 4.37. The van der Waals surface area contributed by atoms with Crippen molar-refractivity contribution in [2.45, 2.75) is 13.5 Å². The fraction of sp³-hybridized carbons (Fsp3) is 0.333. The molecule has 5 heteroatoms. The summed E-state index contributed by atoms with van der Waals surface area (Å²) in [4.78, 5) is 3.84. The van der Waals surface area contributed by atoms with E-state index >= 15 is 0 Å². The molecule has 0 amide bonds. The van der Waals surface area contributed by atoms with Gasteiger partial charge in [0.1, 0.15) is 12.7 Å². The highest BCUT2D eigenvalue weighted by molar-refractivity contribution is 5.14. The minimum absolute atomic E-state index is 0.552. The average Bonchev–Trinajstić information content (AvgIpc) is 2.55. The van der Waals surface area contributed by atoms with E-state index in [1.807, 2.05) is 6.92 Å². The zero-order valence-electron chi connectivity index (χ0n) is 8.27. The van der Waals surface area contributed by atoms with E-state index in [1.165, 1.54) is 6.33 Å². The van der Waals surface area contributed by atoms with Crippen LogP contribution in [0.1, 0.15) is 6.92 Å². The van der Waals surface area contributed by atoms with E-state index in [2.05, 4.69) is 22.0 Å². The van der Waals surface area contributed by atoms with E-state index in [-0.39, 0.29) is 0 Å². The van der Waals surface area contributed by atoms with Crippen LogP contribution < -0.4 is 11.1 Å². The first kappa shape index (κ1) is 10.3. The SMILES string of the molecule is C=C(N)/C=C(\C)NCCn1cncn1. The molecular formula is C9H15N5. The molecule has 0 saturated carbocycles. The summed E-state index contributed by atoms with van der Waals surface area (Å²) in [7, 11) is 0. The smallest absolute Gasteiger partial charge is 0.137 e. The summed E-state index contributed by atoms with van der Waals surface area (Å²) in [5.41, 5.74) is 6.97. The first-order valence-corrected chi connectivity index (χ1v) is 4.37. The van der Waals surface area contributed by atoms with Crippen LogP contribution in [-0.4, -0.2) is 21.3 Å². The van der Waals surface area contributed by atoms with Gasteiger partial charge in [-0.2, -0.15) is 5.10 Å². The highest BCUT2D eigenvalue weighted by atomic mass is 15.3. The molecule has 1 aromatic heterocycles. The summed E-state index contributed by atoms with van der Waals surface area (Å²) in [6, 6.07) is 0. The van der Waals surface area contributed by atoms with Gasteiger partial charge in [-0.25, -0.2) is 4.98 Å². The fourth-order valence-electron chi connectivity index (χ4n) is 1.04. The Morgan fingerprint density at radius 2 is 2.50 bits per heavy atom. The van der Waals surface area contributed by atoms with Crippen LogP contribution in [0.15, 0.2) is 36.7 Å². The van der Waals surface area contributed by atoms with Gasteiger partial charge in [-0.3, -0.25) is 4.68 Å². The van der Waals surface area contributed by atoms with Crippen molar-refractivity contribution < 1.29 is 0 Å². The molecule has 14 heavy (non-hydrogen) atoms. The van der Waals surface area contributed by atoms with Crippen molar-refractivity contribution in [3.63, 3.8) is 0 Å². The normalized spacial score (nSPS) is 11.4. The third-order valence-electron chi connectivity index (χ3n) is 1.61. The highest BCUT2D eigenvalue weighted by Gasteiger charge is 1.91. The van der Waals surface area contributed by atoms with Gasteiger partial charge >= 0.3 is 0 Å². The second-order valence-corrected chi connectivity index (χ2v) is 2.99. The van der Waals surface area contributed by atoms with E-state index in [9.17, 15) is 0 Å². The Balaban J connectivity index is 2.25. The Morgan fingerprint density at radius 1 is 1.71 bits per heavy atom. The van der Waals surface area contributed by atoms with E-state index in [4.69, 9.17) is 5.73 Å². The molecule has 0 saturated heterocycles. The Hall–Kier alpha value is -1.78. The molecule has 0 aromatic carbocycles. The second kappa shape index (κ2) is 5.06. The monoisotopic (exact) mass is 193 g/mol. The molecule has 0 aliphatic carbocycles. The van der Waals surface area contributed by atoms with Crippen LogP contribution in [0, 0.1) is 0 Å². The first-order chi connectivity index (χ1) is 6.68. The van der Waals surface area contributed by atoms with Crippen molar-refractivity contribution in [2.75, 3.05) is 6.54 Å². The second-order valence-electron chi connectivity index (χ2n) is 2.99. The van der Waals surface area contributed by atoms with E-state index < -0.39 is 0 Å². The minimum atomic E-state index is 0.552. The number of hydrogen-bond acceptors (Lipinski definition) is 4. The maximum absolute atomic E-state index is 5.42. The van der Waals surface area contributed by atoms with Crippen LogP contribution in [0.5, 0.6) is 0 Å². The summed E-state index contributed by atoms with van der Waals surface area (Å²) in [5, 5.41) is 7.16. The lowest BCUT2D eigenvalue weighted by atomic mass is 10.3. The third-order valence-corrected chi connectivity index (χ3v) is 1.61. The van der Waals surface area contributed by atoms with Crippen molar-refractivity contribution >= 4 is 0 Å². The maximum atomic E-state index is 5.42. The van der Waals surface area contributed by atoms with Gasteiger partial charge in [0.05, 0.1) is 6.54 Å². The molecule has 0 spiro atoms. The van der Waals surface area contributed by atoms with Gasteiger partial charge in [0.2, 0.25) is 0 Å². The average molecular weight is 193 g/mol. The molecule has 1 aromatic rings. The molecule has 0 atom stereocenters. The predicted molar refractivity (Wildman–Crippen MR) is 55.1 cm³/mol. The lowest BCUT2D eigenvalue weighted by molar-refractivity contribution is 0.584. The largest absolute Gasteiger partial charge is 0.399 e. The van der Waals surface area contributed by atoms with E-state index in [0.29, 0.717) is 5.70 Å². The van der Waals surface area contributed by atoms with Crippen LogP contribution in [0.3, 0.4) is 0 Å². The highest BCUT2D eigenvalue weighted by Crippen LogP contribution is 1.90. The molecule has 0 aliphatic rings. The molecule has 1 heterocycles. The van der Waals surface area contributed by atoms with Gasteiger partial charge in [-0.1, -0.05) is 6.58 Å². The standard InChI is InChI=1S/C9H15N5/c1-8(10)5-9(2)12-3-4-14-7-11-6-13-14/h5-7,12H,1,3-4,10H2,2H3/b9-5+. The molecule has 0 fully saturated rings. The summed E-state index contributed by atoms with van der Waals surface area (Å²) in [6.45, 7) is 7.10. The molecule has 3 N–H and O–H groups in total. The van der Waals surface area contributed by atoms with Crippen LogP contribution in [0.4, 0.5) is 0 Å². The van der Waals surface area contributed by atoms with Gasteiger partial charge in [0, 0.05) is 17.9 Å². The molecule has 0 aliphatic heterocycles. The lowest BCUT2D eigenvalue weighted by Crippen LogP contribution is -2.18. The molecule has 5 nitrogen and oxygen atoms in total. The van der Waals surface area contributed by atoms with Gasteiger partial charge in [-0.05, 0) is 13.0 Å². The third kappa shape index (κ3) is 3.75. The Bertz CT molecular complexity index is 312. The quantitative estimate of drug-likeness (QED) is 0.657. The number of aromatic nitrogens is 3. The molecule has 1 rings (SSSR count). The molecule has 0 radical (unpaired) electrons. The van der Waals surface area contributed by atoms with Crippen molar-refractivity contribution in [2.24, 2.45) is 5.73 Å². The van der Waals surface area contributed by atoms with E-state index in [0.717, 1.165) is 18.8 Å². The summed E-state index contributed by atoms with van der Waals surface area (Å²) in [5.74, 6) is 0. The lowest BCUT2D eigenvalue weighted by Gasteiger charge is -2.05. The van der Waals surface area contributed by atoms with Crippen molar-refractivity contribution in [3.8, 4) is 0 Å². The summed E-state index contributed by atoms with van der Waals surface area (Å²) >= 11 is 0. The zero-order valence-corrected chi connectivity index (χ0v) is 8.27.